The van der Waals surface area contributed by atoms with E-state index in [0.29, 0.717) is 12.8 Å². The molecule has 3 N–H and O–H groups in total. The van der Waals surface area contributed by atoms with Crippen LogP contribution in [0.4, 0.5) is 0 Å². The lowest BCUT2D eigenvalue weighted by molar-refractivity contribution is -0.199. The number of carbonyl (C=O) groups excluding carboxylic acids is 1. The second-order valence-electron chi connectivity index (χ2n) is 14.3. The van der Waals surface area contributed by atoms with E-state index in [1.807, 2.05) is 26.8 Å². The van der Waals surface area contributed by atoms with Gasteiger partial charge in [0.15, 0.2) is 5.76 Å². The van der Waals surface area contributed by atoms with Gasteiger partial charge in [-0.05, 0) is 91.9 Å². The van der Waals surface area contributed by atoms with Crippen molar-refractivity contribution in [1.82, 2.24) is 0 Å². The lowest BCUT2D eigenvalue weighted by atomic mass is 9.33. The summed E-state index contributed by atoms with van der Waals surface area (Å²) in [6.07, 6.45) is 9.49. The van der Waals surface area contributed by atoms with Crippen LogP contribution in [-0.4, -0.2) is 32.7 Å². The second kappa shape index (κ2) is 7.02. The molecular formula is C30H44O5. The number of carbonyl (C=O) groups is 2. The van der Waals surface area contributed by atoms with Crippen molar-refractivity contribution in [1.29, 1.82) is 0 Å². The first kappa shape index (κ1) is 25.0. The molecule has 0 amide bonds. The third-order valence-corrected chi connectivity index (χ3v) is 12.8. The Balaban J connectivity index is 1.68. The topological polar surface area (TPSA) is 94.8 Å². The number of fused-ring (bicyclic) bond motifs is 7. The van der Waals surface area contributed by atoms with Crippen LogP contribution in [0, 0.1) is 50.7 Å². The molecule has 5 aliphatic rings. The highest BCUT2D eigenvalue weighted by molar-refractivity contribution is 5.98. The molecular weight excluding hydrogens is 440 g/mol. The minimum Gasteiger partial charge on any atom is -0.505 e. The van der Waals surface area contributed by atoms with E-state index in [1.165, 1.54) is 0 Å². The lowest BCUT2D eigenvalue weighted by Gasteiger charge is -2.70. The fourth-order valence-electron chi connectivity index (χ4n) is 10.3. The minimum atomic E-state index is -1.08. The summed E-state index contributed by atoms with van der Waals surface area (Å²) in [5.41, 5.74) is -2.16. The summed E-state index contributed by atoms with van der Waals surface area (Å²) in [7, 11) is 0. The van der Waals surface area contributed by atoms with Gasteiger partial charge in [0.1, 0.15) is 0 Å². The summed E-state index contributed by atoms with van der Waals surface area (Å²) >= 11 is 0. The molecule has 0 aromatic carbocycles. The van der Waals surface area contributed by atoms with Crippen LogP contribution >= 0.6 is 0 Å². The van der Waals surface area contributed by atoms with Crippen LogP contribution in [0.5, 0.6) is 0 Å². The molecule has 35 heavy (non-hydrogen) atoms. The van der Waals surface area contributed by atoms with E-state index in [4.69, 9.17) is 0 Å². The first-order chi connectivity index (χ1) is 16.0. The van der Waals surface area contributed by atoms with Gasteiger partial charge in [-0.3, -0.25) is 9.59 Å². The maximum absolute atomic E-state index is 12.9. The standard InChI is InChI=1S/C30H44O5/c1-17-10-13-30(24(33)34)15-14-27(5)18(22(30)29(17,7)35)8-9-21-26(4)16-19(31)23(32)25(2,3)20(26)11-12-28(21,27)6/h8,16-17,20-22,31,35H,9-15H2,1-7H3,(H,33,34)/t17?,20-,21+,22+,26-,27+,28+,29+,30-/m0/s1. The van der Waals surface area contributed by atoms with Crippen molar-refractivity contribution in [2.75, 3.05) is 0 Å². The molecule has 3 saturated carbocycles. The highest BCUT2D eigenvalue weighted by Crippen LogP contribution is 2.75. The van der Waals surface area contributed by atoms with Gasteiger partial charge in [0, 0.05) is 11.3 Å². The van der Waals surface area contributed by atoms with Crippen LogP contribution < -0.4 is 0 Å². The smallest absolute Gasteiger partial charge is 0.310 e. The maximum Gasteiger partial charge on any atom is 0.310 e. The third-order valence-electron chi connectivity index (χ3n) is 12.8. The molecule has 3 fully saturated rings. The van der Waals surface area contributed by atoms with Gasteiger partial charge in [0.25, 0.3) is 0 Å². The number of carboxylic acid groups (broad SMARTS) is 1. The summed E-state index contributed by atoms with van der Waals surface area (Å²) in [5.74, 6) is -1.01. The van der Waals surface area contributed by atoms with Crippen LogP contribution in [-0.2, 0) is 9.59 Å². The van der Waals surface area contributed by atoms with Crippen molar-refractivity contribution in [3.63, 3.8) is 0 Å². The molecule has 5 aliphatic carbocycles. The molecule has 0 aromatic heterocycles. The van der Waals surface area contributed by atoms with E-state index in [9.17, 15) is 24.9 Å². The van der Waals surface area contributed by atoms with Gasteiger partial charge in [0.2, 0.25) is 5.78 Å². The molecule has 0 saturated heterocycles. The molecule has 5 nitrogen and oxygen atoms in total. The van der Waals surface area contributed by atoms with E-state index in [0.717, 1.165) is 37.7 Å². The van der Waals surface area contributed by atoms with E-state index >= 15 is 0 Å². The van der Waals surface area contributed by atoms with Gasteiger partial charge >= 0.3 is 5.97 Å². The predicted octanol–water partition coefficient (Wildman–Crippen LogP) is 6.07. The summed E-state index contributed by atoms with van der Waals surface area (Å²) in [4.78, 5) is 25.7. The summed E-state index contributed by atoms with van der Waals surface area (Å²) in [6.45, 7) is 14.8. The zero-order chi connectivity index (χ0) is 26.0. The molecule has 5 rings (SSSR count). The number of carboxylic acids is 1. The Hall–Kier alpha value is -1.62. The molecule has 0 bridgehead atoms. The third kappa shape index (κ3) is 2.74. The lowest BCUT2D eigenvalue weighted by Crippen LogP contribution is -2.67. The normalized spacial score (nSPS) is 52.7. The molecule has 0 aromatic rings. The van der Waals surface area contributed by atoms with Crippen LogP contribution in [0.1, 0.15) is 93.4 Å². The summed E-state index contributed by atoms with van der Waals surface area (Å²) in [5, 5.41) is 33.1. The van der Waals surface area contributed by atoms with E-state index in [1.54, 1.807) is 0 Å². The van der Waals surface area contributed by atoms with Crippen molar-refractivity contribution in [2.24, 2.45) is 50.7 Å². The average molecular weight is 485 g/mol. The Kier molecular flexibility index (Phi) is 5.03. The summed E-state index contributed by atoms with van der Waals surface area (Å²) in [6, 6.07) is 0. The molecule has 0 spiro atoms. The van der Waals surface area contributed by atoms with Crippen LogP contribution in [0.3, 0.4) is 0 Å². The number of hydrogen-bond acceptors (Lipinski definition) is 4. The van der Waals surface area contributed by atoms with Crippen molar-refractivity contribution in [2.45, 2.75) is 99.0 Å². The van der Waals surface area contributed by atoms with Crippen molar-refractivity contribution in [3.8, 4) is 0 Å². The fraction of sp³-hybridized carbons (Fsp3) is 0.800. The first-order valence-corrected chi connectivity index (χ1v) is 13.6. The van der Waals surface area contributed by atoms with Gasteiger partial charge in [0.05, 0.1) is 11.0 Å². The number of ketones is 1. The first-order valence-electron chi connectivity index (χ1n) is 13.6. The number of aliphatic hydroxyl groups is 2. The highest BCUT2D eigenvalue weighted by Gasteiger charge is 2.71. The molecule has 5 heteroatoms. The van der Waals surface area contributed by atoms with Crippen LogP contribution in [0.25, 0.3) is 0 Å². The number of aliphatic carboxylic acids is 1. The van der Waals surface area contributed by atoms with Gasteiger partial charge in [-0.2, -0.15) is 0 Å². The van der Waals surface area contributed by atoms with Crippen molar-refractivity contribution < 1.29 is 24.9 Å². The quantitative estimate of drug-likeness (QED) is 0.392. The van der Waals surface area contributed by atoms with Crippen LogP contribution in [0.15, 0.2) is 23.5 Å². The second-order valence-corrected chi connectivity index (χ2v) is 14.3. The Morgan fingerprint density at radius 2 is 1.63 bits per heavy atom. The maximum atomic E-state index is 12.9. The molecule has 0 aliphatic heterocycles. The Bertz CT molecular complexity index is 1050. The number of aliphatic hydroxyl groups excluding tert-OH is 1. The monoisotopic (exact) mass is 484 g/mol. The predicted molar refractivity (Wildman–Crippen MR) is 135 cm³/mol. The van der Waals surface area contributed by atoms with Gasteiger partial charge in [-0.25, -0.2) is 0 Å². The molecule has 0 radical (unpaired) electrons. The number of rotatable bonds is 1. The molecule has 9 atom stereocenters. The zero-order valence-electron chi connectivity index (χ0n) is 22.6. The largest absolute Gasteiger partial charge is 0.505 e. The molecule has 194 valence electrons. The SMILES string of the molecule is CC1CC[C@]2(C(=O)O)CC[C@]3(C)C(=CC[C@@H]4[C@@]5(C)C=C(O)C(=O)C(C)(C)[C@@H]5CC[C@]43C)[C@@H]2[C@]1(C)O. The summed E-state index contributed by atoms with van der Waals surface area (Å²) < 4.78 is 0. The highest BCUT2D eigenvalue weighted by atomic mass is 16.4. The molecule has 0 heterocycles. The molecule has 1 unspecified atom stereocenters. The fourth-order valence-corrected chi connectivity index (χ4v) is 10.3. The average Bonchev–Trinajstić information content (AvgIpc) is 2.75. The van der Waals surface area contributed by atoms with Crippen molar-refractivity contribution >= 4 is 11.8 Å². The van der Waals surface area contributed by atoms with Crippen molar-refractivity contribution in [3.05, 3.63) is 23.5 Å². The van der Waals surface area contributed by atoms with Gasteiger partial charge in [-0.1, -0.05) is 53.2 Å². The minimum absolute atomic E-state index is 0.0343. The van der Waals surface area contributed by atoms with E-state index < -0.39 is 28.3 Å². The Labute approximate surface area is 210 Å². The van der Waals surface area contributed by atoms with Crippen LogP contribution in [0.2, 0.25) is 0 Å². The zero-order valence-corrected chi connectivity index (χ0v) is 22.6. The Morgan fingerprint density at radius 3 is 2.26 bits per heavy atom. The van der Waals surface area contributed by atoms with Gasteiger partial charge in [-0.15, -0.1) is 0 Å². The Morgan fingerprint density at radius 1 is 0.971 bits per heavy atom. The number of Topliss-reactive ketones (excluding diaryl/α,β-unsaturated/α-hetero) is 1. The number of allylic oxidation sites excluding steroid dienone is 3. The van der Waals surface area contributed by atoms with Gasteiger partial charge < -0.3 is 15.3 Å². The number of hydrogen-bond donors (Lipinski definition) is 3. The van der Waals surface area contributed by atoms with E-state index in [-0.39, 0.29) is 45.5 Å². The van der Waals surface area contributed by atoms with E-state index in [2.05, 4.69) is 33.8 Å².